The van der Waals surface area contributed by atoms with E-state index in [2.05, 4.69) is 4.98 Å². The molecule has 3 rings (SSSR count). The van der Waals surface area contributed by atoms with Crippen LogP contribution in [0.3, 0.4) is 0 Å². The number of alkyl halides is 3. The minimum absolute atomic E-state index is 0.0361. The van der Waals surface area contributed by atoms with Crippen LogP contribution < -0.4 is 0 Å². The third-order valence-electron chi connectivity index (χ3n) is 4.01. The number of fused-ring (bicyclic) bond motifs is 1. The second-order valence-corrected chi connectivity index (χ2v) is 8.46. The molecular weight excluding hydrogens is 357 g/mol. The second-order valence-electron chi connectivity index (χ2n) is 6.56. The highest BCUT2D eigenvalue weighted by Crippen LogP contribution is 2.35. The topological polar surface area (TPSA) is 59.5 Å². The molecule has 1 atom stereocenters. The van der Waals surface area contributed by atoms with Crippen molar-refractivity contribution in [3.05, 3.63) is 36.7 Å². The summed E-state index contributed by atoms with van der Waals surface area (Å²) in [6.45, 7) is 1.96. The Kier molecular flexibility index (Phi) is 4.29. The molecule has 9 heteroatoms. The number of morpholine rings is 1. The number of hydrogen-bond acceptors (Lipinski definition) is 4. The maximum absolute atomic E-state index is 13.1. The zero-order chi connectivity index (χ0) is 18.5. The fourth-order valence-electron chi connectivity index (χ4n) is 2.94. The van der Waals surface area contributed by atoms with Gasteiger partial charge in [0.05, 0.1) is 10.5 Å². The largest absolute Gasteiger partial charge is 0.415 e. The van der Waals surface area contributed by atoms with Crippen molar-refractivity contribution >= 4 is 20.8 Å². The monoisotopic (exact) mass is 374 g/mol. The summed E-state index contributed by atoms with van der Waals surface area (Å²) in [4.78, 5) is 3.90. The van der Waals surface area contributed by atoms with Crippen LogP contribution in [0.5, 0.6) is 0 Å². The molecular formula is C16H17F3N2O3S. The van der Waals surface area contributed by atoms with E-state index in [9.17, 15) is 21.6 Å². The first kappa shape index (κ1) is 18.1. The number of rotatable bonds is 2. The average Bonchev–Trinajstić information content (AvgIpc) is 2.52. The minimum Gasteiger partial charge on any atom is -0.360 e. The van der Waals surface area contributed by atoms with Crippen molar-refractivity contribution < 1.29 is 26.3 Å². The number of nitrogens with zero attached hydrogens (tertiary/aromatic N) is 2. The number of halogens is 3. The van der Waals surface area contributed by atoms with Gasteiger partial charge < -0.3 is 4.74 Å². The van der Waals surface area contributed by atoms with Gasteiger partial charge in [-0.25, -0.2) is 8.42 Å². The Morgan fingerprint density at radius 2 is 2.00 bits per heavy atom. The molecule has 2 heterocycles. The first-order chi connectivity index (χ1) is 11.5. The molecule has 25 heavy (non-hydrogen) atoms. The van der Waals surface area contributed by atoms with E-state index in [0.29, 0.717) is 10.8 Å². The van der Waals surface area contributed by atoms with Gasteiger partial charge in [0.1, 0.15) is 0 Å². The van der Waals surface area contributed by atoms with Gasteiger partial charge in [0, 0.05) is 36.3 Å². The SMILES string of the molecule is CC1(C)CN(S(=O)(=O)c2cccc3cnccc23)CC(C(F)(F)F)O1. The smallest absolute Gasteiger partial charge is 0.360 e. The molecule has 1 fully saturated rings. The van der Waals surface area contributed by atoms with E-state index >= 15 is 0 Å². The summed E-state index contributed by atoms with van der Waals surface area (Å²) < 4.78 is 71.4. The van der Waals surface area contributed by atoms with E-state index in [0.717, 1.165) is 4.31 Å². The van der Waals surface area contributed by atoms with E-state index in [-0.39, 0.29) is 11.4 Å². The fraction of sp³-hybridized carbons (Fsp3) is 0.438. The van der Waals surface area contributed by atoms with Crippen LogP contribution >= 0.6 is 0 Å². The third-order valence-corrected chi connectivity index (χ3v) is 5.88. The van der Waals surface area contributed by atoms with Gasteiger partial charge in [-0.3, -0.25) is 4.98 Å². The van der Waals surface area contributed by atoms with Gasteiger partial charge in [0.15, 0.2) is 6.10 Å². The molecule has 0 saturated carbocycles. The van der Waals surface area contributed by atoms with Gasteiger partial charge in [-0.15, -0.1) is 0 Å². The van der Waals surface area contributed by atoms with Crippen LogP contribution in [0.4, 0.5) is 13.2 Å². The number of ether oxygens (including phenoxy) is 1. The number of aromatic nitrogens is 1. The van der Waals surface area contributed by atoms with Crippen LogP contribution in [0.1, 0.15) is 13.8 Å². The molecule has 0 spiro atoms. The molecule has 0 amide bonds. The normalized spacial score (nSPS) is 22.2. The van der Waals surface area contributed by atoms with Crippen molar-refractivity contribution in [3.8, 4) is 0 Å². The van der Waals surface area contributed by atoms with Crippen LogP contribution in [-0.4, -0.2) is 48.7 Å². The number of hydrogen-bond donors (Lipinski definition) is 0. The molecule has 136 valence electrons. The van der Waals surface area contributed by atoms with E-state index < -0.39 is 34.4 Å². The van der Waals surface area contributed by atoms with Crippen molar-refractivity contribution in [2.24, 2.45) is 0 Å². The van der Waals surface area contributed by atoms with Crippen molar-refractivity contribution in [2.45, 2.75) is 36.6 Å². The van der Waals surface area contributed by atoms with E-state index in [1.807, 2.05) is 0 Å². The van der Waals surface area contributed by atoms with Crippen molar-refractivity contribution in [2.75, 3.05) is 13.1 Å². The summed E-state index contributed by atoms with van der Waals surface area (Å²) in [7, 11) is -4.13. The lowest BCUT2D eigenvalue weighted by atomic mass is 10.1. The second kappa shape index (κ2) is 5.93. The maximum atomic E-state index is 13.1. The highest BCUT2D eigenvalue weighted by Gasteiger charge is 2.50. The first-order valence-electron chi connectivity index (χ1n) is 7.58. The number of benzene rings is 1. The molecule has 1 aliphatic heterocycles. The Morgan fingerprint density at radius 1 is 1.28 bits per heavy atom. The lowest BCUT2D eigenvalue weighted by Gasteiger charge is -2.42. The Balaban J connectivity index is 2.07. The summed E-state index contributed by atoms with van der Waals surface area (Å²) in [5.41, 5.74) is -1.25. The van der Waals surface area contributed by atoms with Gasteiger partial charge in [-0.1, -0.05) is 12.1 Å². The summed E-state index contributed by atoms with van der Waals surface area (Å²) >= 11 is 0. The van der Waals surface area contributed by atoms with E-state index in [1.54, 1.807) is 12.1 Å². The average molecular weight is 374 g/mol. The van der Waals surface area contributed by atoms with Gasteiger partial charge in [-0.05, 0) is 26.0 Å². The zero-order valence-corrected chi connectivity index (χ0v) is 14.4. The molecule has 1 unspecified atom stereocenters. The van der Waals surface area contributed by atoms with Gasteiger partial charge in [-0.2, -0.15) is 17.5 Å². The van der Waals surface area contributed by atoms with E-state index in [4.69, 9.17) is 4.74 Å². The summed E-state index contributed by atoms with van der Waals surface area (Å²) in [5, 5.41) is 1.02. The van der Waals surface area contributed by atoms with Crippen LogP contribution in [0.15, 0.2) is 41.6 Å². The Morgan fingerprint density at radius 3 is 2.68 bits per heavy atom. The third kappa shape index (κ3) is 3.49. The van der Waals surface area contributed by atoms with Gasteiger partial charge in [0.2, 0.25) is 10.0 Å². The predicted molar refractivity (Wildman–Crippen MR) is 85.5 cm³/mol. The maximum Gasteiger partial charge on any atom is 0.415 e. The Labute approximate surface area is 143 Å². The van der Waals surface area contributed by atoms with Crippen LogP contribution in [0.2, 0.25) is 0 Å². The van der Waals surface area contributed by atoms with Crippen LogP contribution in [0.25, 0.3) is 10.8 Å². The van der Waals surface area contributed by atoms with Gasteiger partial charge >= 0.3 is 6.18 Å². The van der Waals surface area contributed by atoms with Crippen LogP contribution in [0, 0.1) is 0 Å². The van der Waals surface area contributed by atoms with E-state index in [1.165, 1.54) is 38.4 Å². The lowest BCUT2D eigenvalue weighted by molar-refractivity contribution is -0.265. The molecule has 1 saturated heterocycles. The molecule has 0 aliphatic carbocycles. The molecule has 2 aromatic rings. The highest BCUT2D eigenvalue weighted by molar-refractivity contribution is 7.89. The predicted octanol–water partition coefficient (Wildman–Crippen LogP) is 2.97. The molecule has 0 radical (unpaired) electrons. The molecule has 0 N–H and O–H groups in total. The molecule has 0 bridgehead atoms. The highest BCUT2D eigenvalue weighted by atomic mass is 32.2. The molecule has 5 nitrogen and oxygen atoms in total. The Bertz CT molecular complexity index is 892. The minimum atomic E-state index is -4.64. The van der Waals surface area contributed by atoms with Crippen LogP contribution in [-0.2, 0) is 14.8 Å². The van der Waals surface area contributed by atoms with Crippen molar-refractivity contribution in [1.82, 2.24) is 9.29 Å². The zero-order valence-electron chi connectivity index (χ0n) is 13.6. The Hall–Kier alpha value is -1.71. The number of pyridine rings is 1. The molecule has 1 aromatic carbocycles. The first-order valence-corrected chi connectivity index (χ1v) is 9.02. The standard InChI is InChI=1S/C16H17F3N2O3S/c1-15(2)10-21(9-14(24-15)16(17,18)19)25(22,23)13-5-3-4-11-8-20-7-6-12(11)13/h3-8,14H,9-10H2,1-2H3. The summed E-state index contributed by atoms with van der Waals surface area (Å²) in [6.07, 6.45) is -3.85. The molecule has 1 aliphatic rings. The van der Waals surface area contributed by atoms with Gasteiger partial charge in [0.25, 0.3) is 0 Å². The van der Waals surface area contributed by atoms with Crippen molar-refractivity contribution in [3.63, 3.8) is 0 Å². The quantitative estimate of drug-likeness (QED) is 0.811. The molecule has 1 aromatic heterocycles. The summed E-state index contributed by atoms with van der Waals surface area (Å²) in [6, 6.07) is 6.17. The fourth-order valence-corrected chi connectivity index (χ4v) is 4.75. The number of sulfonamides is 1. The lowest BCUT2D eigenvalue weighted by Crippen LogP contribution is -2.58. The summed E-state index contributed by atoms with van der Waals surface area (Å²) in [5.74, 6) is 0. The van der Waals surface area contributed by atoms with Crippen molar-refractivity contribution in [1.29, 1.82) is 0 Å².